The second kappa shape index (κ2) is 9.10. The van der Waals surface area contributed by atoms with Crippen molar-refractivity contribution in [1.82, 2.24) is 4.90 Å². The second-order valence-electron chi connectivity index (χ2n) is 6.54. The lowest BCUT2D eigenvalue weighted by Gasteiger charge is -2.17. The monoisotopic (exact) mass is 362 g/mol. The second-order valence-corrected chi connectivity index (χ2v) is 6.54. The molecule has 0 aliphatic carbocycles. The van der Waals surface area contributed by atoms with Crippen LogP contribution in [0.3, 0.4) is 0 Å². The summed E-state index contributed by atoms with van der Waals surface area (Å²) in [7, 11) is 1.89. The van der Waals surface area contributed by atoms with Gasteiger partial charge in [0.25, 0.3) is 0 Å². The molecule has 1 amide bonds. The van der Waals surface area contributed by atoms with Crippen LogP contribution in [-0.2, 0) is 11.3 Å². The normalized spacial score (nSPS) is 10.8. The van der Waals surface area contributed by atoms with Gasteiger partial charge in [0, 0.05) is 36.3 Å². The first-order chi connectivity index (χ1) is 13.1. The van der Waals surface area contributed by atoms with Gasteiger partial charge in [-0.15, -0.1) is 0 Å². The Bertz CT molecular complexity index is 896. The Hall–Kier alpha value is -2.98. The van der Waals surface area contributed by atoms with Gasteiger partial charge in [-0.25, -0.2) is 4.39 Å². The van der Waals surface area contributed by atoms with Gasteiger partial charge in [-0.3, -0.25) is 4.79 Å². The maximum atomic E-state index is 13.7. The molecule has 0 unspecified atom stereocenters. The van der Waals surface area contributed by atoms with Crippen molar-refractivity contribution in [2.75, 3.05) is 18.9 Å². The molecule has 0 aliphatic rings. The third-order valence-corrected chi connectivity index (χ3v) is 4.40. The summed E-state index contributed by atoms with van der Waals surface area (Å²) in [6.45, 7) is 1.02. The van der Waals surface area contributed by atoms with E-state index in [2.05, 4.69) is 5.32 Å². The number of carbonyl (C=O) groups is 1. The number of carbonyl (C=O) groups excluding carboxylic acids is 1. The van der Waals surface area contributed by atoms with E-state index in [0.717, 1.165) is 16.8 Å². The third kappa shape index (κ3) is 5.25. The summed E-state index contributed by atoms with van der Waals surface area (Å²) in [5.74, 6) is -0.274. The Kier molecular flexibility index (Phi) is 6.34. The topological polar surface area (TPSA) is 32.3 Å². The lowest BCUT2D eigenvalue weighted by atomic mass is 10.0. The number of benzene rings is 3. The molecule has 0 radical (unpaired) electrons. The fourth-order valence-electron chi connectivity index (χ4n) is 2.96. The molecule has 0 spiro atoms. The summed E-state index contributed by atoms with van der Waals surface area (Å²) in [6.07, 6.45) is 0.341. The van der Waals surface area contributed by atoms with E-state index < -0.39 is 0 Å². The highest BCUT2D eigenvalue weighted by Gasteiger charge is 2.10. The highest BCUT2D eigenvalue weighted by molar-refractivity contribution is 5.95. The van der Waals surface area contributed by atoms with Gasteiger partial charge >= 0.3 is 0 Å². The number of nitrogens with zero attached hydrogens (tertiary/aromatic N) is 1. The molecule has 3 aromatic rings. The maximum Gasteiger partial charge on any atom is 0.225 e. The minimum absolute atomic E-state index is 0.0567. The van der Waals surface area contributed by atoms with E-state index in [1.54, 1.807) is 12.1 Å². The molecule has 3 aromatic carbocycles. The van der Waals surface area contributed by atoms with Crippen LogP contribution in [0.4, 0.5) is 10.1 Å². The Morgan fingerprint density at radius 2 is 1.59 bits per heavy atom. The van der Waals surface area contributed by atoms with Gasteiger partial charge in [0.1, 0.15) is 5.82 Å². The van der Waals surface area contributed by atoms with Crippen LogP contribution in [0.5, 0.6) is 0 Å². The van der Waals surface area contributed by atoms with Crippen molar-refractivity contribution in [3.05, 3.63) is 90.2 Å². The van der Waals surface area contributed by atoms with E-state index in [-0.39, 0.29) is 11.7 Å². The Balaban J connectivity index is 1.58. The van der Waals surface area contributed by atoms with Gasteiger partial charge < -0.3 is 10.2 Å². The largest absolute Gasteiger partial charge is 0.325 e. The van der Waals surface area contributed by atoms with Gasteiger partial charge in [-0.2, -0.15) is 0 Å². The molecule has 0 fully saturated rings. The molecule has 3 rings (SSSR count). The summed E-state index contributed by atoms with van der Waals surface area (Å²) < 4.78 is 13.7. The smallest absolute Gasteiger partial charge is 0.225 e. The van der Waals surface area contributed by atoms with Crippen molar-refractivity contribution in [2.24, 2.45) is 0 Å². The molecule has 138 valence electrons. The van der Waals surface area contributed by atoms with Gasteiger partial charge in [0.05, 0.1) is 0 Å². The number of hydrogen-bond donors (Lipinski definition) is 1. The standard InChI is InChI=1S/C23H23FN2O/c1-26(17-19-11-5-7-13-21(19)24)16-15-23(27)25-22-14-8-6-12-20(22)18-9-3-2-4-10-18/h2-14H,15-17H2,1H3,(H,25,27). The number of para-hydroxylation sites is 1. The number of amides is 1. The fourth-order valence-corrected chi connectivity index (χ4v) is 2.96. The van der Waals surface area contributed by atoms with E-state index in [0.29, 0.717) is 25.1 Å². The minimum atomic E-state index is -0.217. The van der Waals surface area contributed by atoms with Gasteiger partial charge in [-0.1, -0.05) is 66.7 Å². The van der Waals surface area contributed by atoms with Gasteiger partial charge in [0.15, 0.2) is 0 Å². The predicted octanol–water partition coefficient (Wildman–Crippen LogP) is 4.95. The van der Waals surface area contributed by atoms with Crippen molar-refractivity contribution >= 4 is 11.6 Å². The molecule has 0 saturated carbocycles. The number of nitrogens with one attached hydrogen (secondary N) is 1. The molecule has 0 atom stereocenters. The maximum absolute atomic E-state index is 13.7. The van der Waals surface area contributed by atoms with E-state index in [1.165, 1.54) is 6.07 Å². The van der Waals surface area contributed by atoms with Crippen molar-refractivity contribution < 1.29 is 9.18 Å². The summed E-state index contributed by atoms with van der Waals surface area (Å²) in [6, 6.07) is 24.5. The molecule has 0 aliphatic heterocycles. The summed E-state index contributed by atoms with van der Waals surface area (Å²) >= 11 is 0. The molecule has 1 N–H and O–H groups in total. The van der Waals surface area contributed by atoms with Gasteiger partial charge in [0.2, 0.25) is 5.91 Å². The van der Waals surface area contributed by atoms with Crippen molar-refractivity contribution in [2.45, 2.75) is 13.0 Å². The molecule has 3 nitrogen and oxygen atoms in total. The first-order valence-electron chi connectivity index (χ1n) is 9.00. The summed E-state index contributed by atoms with van der Waals surface area (Å²) in [5, 5.41) is 3.00. The Morgan fingerprint density at radius 3 is 2.37 bits per heavy atom. The van der Waals surface area contributed by atoms with E-state index in [4.69, 9.17) is 0 Å². The van der Waals surface area contributed by atoms with Crippen LogP contribution in [0, 0.1) is 5.82 Å². The first-order valence-corrected chi connectivity index (χ1v) is 9.00. The van der Waals surface area contributed by atoms with E-state index in [1.807, 2.05) is 72.6 Å². The Labute approximate surface area is 159 Å². The van der Waals surface area contributed by atoms with Crippen LogP contribution >= 0.6 is 0 Å². The van der Waals surface area contributed by atoms with Crippen molar-refractivity contribution in [3.63, 3.8) is 0 Å². The number of rotatable bonds is 7. The highest BCUT2D eigenvalue weighted by atomic mass is 19.1. The third-order valence-electron chi connectivity index (χ3n) is 4.40. The zero-order valence-electron chi connectivity index (χ0n) is 15.4. The lowest BCUT2D eigenvalue weighted by Crippen LogP contribution is -2.24. The van der Waals surface area contributed by atoms with Crippen LogP contribution in [0.1, 0.15) is 12.0 Å². The fraction of sp³-hybridized carbons (Fsp3) is 0.174. The van der Waals surface area contributed by atoms with Crippen molar-refractivity contribution in [1.29, 1.82) is 0 Å². The van der Waals surface area contributed by atoms with Crippen LogP contribution in [0.25, 0.3) is 11.1 Å². The molecule has 0 heterocycles. The molecule has 0 saturated heterocycles. The summed E-state index contributed by atoms with van der Waals surface area (Å²) in [5.41, 5.74) is 3.48. The predicted molar refractivity (Wildman–Crippen MR) is 108 cm³/mol. The van der Waals surface area contributed by atoms with Gasteiger partial charge in [-0.05, 0) is 24.7 Å². The molecular formula is C23H23FN2O. The highest BCUT2D eigenvalue weighted by Crippen LogP contribution is 2.27. The zero-order chi connectivity index (χ0) is 19.1. The van der Waals surface area contributed by atoms with Crippen LogP contribution in [0.15, 0.2) is 78.9 Å². The van der Waals surface area contributed by atoms with Crippen LogP contribution < -0.4 is 5.32 Å². The number of hydrogen-bond acceptors (Lipinski definition) is 2. The average Bonchev–Trinajstić information content (AvgIpc) is 2.69. The number of anilines is 1. The molecule has 4 heteroatoms. The Morgan fingerprint density at radius 1 is 0.926 bits per heavy atom. The molecule has 0 bridgehead atoms. The average molecular weight is 362 g/mol. The summed E-state index contributed by atoms with van der Waals surface area (Å²) in [4.78, 5) is 14.4. The van der Waals surface area contributed by atoms with E-state index in [9.17, 15) is 9.18 Å². The van der Waals surface area contributed by atoms with Crippen molar-refractivity contribution in [3.8, 4) is 11.1 Å². The minimum Gasteiger partial charge on any atom is -0.325 e. The van der Waals surface area contributed by atoms with E-state index >= 15 is 0 Å². The van der Waals surface area contributed by atoms with Crippen LogP contribution in [-0.4, -0.2) is 24.4 Å². The zero-order valence-corrected chi connectivity index (χ0v) is 15.4. The first kappa shape index (κ1) is 18.8. The molecular weight excluding hydrogens is 339 g/mol. The molecule has 27 heavy (non-hydrogen) atoms. The lowest BCUT2D eigenvalue weighted by molar-refractivity contribution is -0.116. The van der Waals surface area contributed by atoms with Crippen LogP contribution in [0.2, 0.25) is 0 Å². The molecule has 0 aromatic heterocycles. The number of halogens is 1. The SMILES string of the molecule is CN(CCC(=O)Nc1ccccc1-c1ccccc1)Cc1ccccc1F. The quantitative estimate of drug-likeness (QED) is 0.645.